The molecule has 0 heterocycles. The predicted octanol–water partition coefficient (Wildman–Crippen LogP) is 2.03. The Labute approximate surface area is 182 Å². The van der Waals surface area contributed by atoms with Gasteiger partial charge in [-0.3, -0.25) is 9.59 Å². The first-order valence-corrected chi connectivity index (χ1v) is 10.8. The molecule has 0 aliphatic carbocycles. The number of Topliss-reactive ketones (excluding diaryl/α,β-unsaturated/α-hetero) is 1. The Hall–Kier alpha value is -1.06. The average molecular weight is 433 g/mol. The summed E-state index contributed by atoms with van der Waals surface area (Å²) in [5.41, 5.74) is -0.778. The van der Waals surface area contributed by atoms with Gasteiger partial charge in [0.25, 0.3) is 0 Å². The van der Waals surface area contributed by atoms with E-state index < -0.39 is 11.2 Å². The van der Waals surface area contributed by atoms with Crippen LogP contribution in [0.15, 0.2) is 0 Å². The van der Waals surface area contributed by atoms with Gasteiger partial charge in [0.1, 0.15) is 13.2 Å². The lowest BCUT2D eigenvalue weighted by atomic mass is 9.91. The van der Waals surface area contributed by atoms with E-state index in [0.29, 0.717) is 19.1 Å². The van der Waals surface area contributed by atoms with E-state index in [0.717, 1.165) is 13.0 Å². The summed E-state index contributed by atoms with van der Waals surface area (Å²) >= 11 is 0. The van der Waals surface area contributed by atoms with Crippen LogP contribution in [0.5, 0.6) is 0 Å². The van der Waals surface area contributed by atoms with Crippen LogP contribution in [0.25, 0.3) is 0 Å². The number of amides is 1. The van der Waals surface area contributed by atoms with E-state index in [2.05, 4.69) is 24.5 Å². The molecule has 0 aliphatic rings. The number of hydrogen-bond acceptors (Lipinski definition) is 7. The van der Waals surface area contributed by atoms with Gasteiger partial charge in [-0.05, 0) is 33.7 Å². The highest BCUT2D eigenvalue weighted by Crippen LogP contribution is 2.18. The Morgan fingerprint density at radius 3 is 2.10 bits per heavy atom. The first kappa shape index (κ1) is 28.9. The van der Waals surface area contributed by atoms with E-state index in [-0.39, 0.29) is 43.7 Å². The highest BCUT2D eigenvalue weighted by molar-refractivity contribution is 5.85. The van der Waals surface area contributed by atoms with E-state index in [4.69, 9.17) is 14.2 Å². The molecule has 3 N–H and O–H groups in total. The van der Waals surface area contributed by atoms with E-state index in [1.165, 1.54) is 0 Å². The van der Waals surface area contributed by atoms with E-state index >= 15 is 0 Å². The van der Waals surface area contributed by atoms with Crippen molar-refractivity contribution in [1.29, 1.82) is 0 Å². The molecule has 0 spiro atoms. The van der Waals surface area contributed by atoms with Crippen molar-refractivity contribution < 1.29 is 28.9 Å². The number of ether oxygens (including phenoxy) is 3. The molecule has 8 heteroatoms. The molecule has 0 rings (SSSR count). The van der Waals surface area contributed by atoms with Gasteiger partial charge in [0.2, 0.25) is 5.91 Å². The van der Waals surface area contributed by atoms with E-state index in [1.54, 1.807) is 27.7 Å². The summed E-state index contributed by atoms with van der Waals surface area (Å²) in [4.78, 5) is 23.4. The lowest BCUT2D eigenvalue weighted by Crippen LogP contribution is -2.38. The molecular weight excluding hydrogens is 388 g/mol. The van der Waals surface area contributed by atoms with Gasteiger partial charge in [-0.2, -0.15) is 0 Å². The third-order valence-electron chi connectivity index (χ3n) is 4.48. The van der Waals surface area contributed by atoms with Gasteiger partial charge in [-0.25, -0.2) is 0 Å². The SMILES string of the molecule is CC(C)NCCC(C)(C)OCCC(C)(O)OCCNC(=O)COCC(=O)C(C)(C)C. The van der Waals surface area contributed by atoms with Crippen molar-refractivity contribution >= 4 is 11.7 Å². The summed E-state index contributed by atoms with van der Waals surface area (Å²) in [5, 5.41) is 16.3. The molecule has 0 aromatic carbocycles. The van der Waals surface area contributed by atoms with Crippen LogP contribution in [0, 0.1) is 5.41 Å². The fourth-order valence-electron chi connectivity index (χ4n) is 2.29. The average Bonchev–Trinajstić information content (AvgIpc) is 2.56. The Bertz CT molecular complexity index is 512. The number of nitrogens with one attached hydrogen (secondary N) is 2. The van der Waals surface area contributed by atoms with Gasteiger partial charge < -0.3 is 30.0 Å². The van der Waals surface area contributed by atoms with Gasteiger partial charge in [-0.1, -0.05) is 34.6 Å². The van der Waals surface area contributed by atoms with E-state index in [1.807, 2.05) is 13.8 Å². The molecule has 0 radical (unpaired) electrons. The van der Waals surface area contributed by atoms with Gasteiger partial charge in [0.05, 0.1) is 18.8 Å². The van der Waals surface area contributed by atoms with Crippen LogP contribution in [0.4, 0.5) is 0 Å². The van der Waals surface area contributed by atoms with Crippen molar-refractivity contribution in [2.75, 3.05) is 39.5 Å². The van der Waals surface area contributed by atoms with Crippen LogP contribution >= 0.6 is 0 Å². The van der Waals surface area contributed by atoms with Crippen LogP contribution in [-0.4, -0.2) is 73.7 Å². The number of carbonyl (C=O) groups is 2. The summed E-state index contributed by atoms with van der Waals surface area (Å²) in [5.74, 6) is -1.73. The van der Waals surface area contributed by atoms with Gasteiger partial charge in [-0.15, -0.1) is 0 Å². The highest BCUT2D eigenvalue weighted by atomic mass is 16.6. The molecule has 0 bridgehead atoms. The number of hydrogen-bond donors (Lipinski definition) is 3. The fraction of sp³-hybridized carbons (Fsp3) is 0.909. The Kier molecular flexibility index (Phi) is 12.9. The molecule has 178 valence electrons. The number of ketones is 1. The molecule has 0 saturated carbocycles. The second-order valence-corrected chi connectivity index (χ2v) is 9.76. The standard InChI is InChI=1S/C22H44N2O6/c1-17(2)23-11-9-21(6,7)29-13-10-22(8,27)30-14-12-24-19(26)16-28-15-18(25)20(3,4)5/h17,23,27H,9-16H2,1-8H3,(H,24,26). The van der Waals surface area contributed by atoms with Crippen LogP contribution in [0.1, 0.15) is 68.2 Å². The highest BCUT2D eigenvalue weighted by Gasteiger charge is 2.24. The zero-order valence-corrected chi connectivity index (χ0v) is 20.2. The van der Waals surface area contributed by atoms with Gasteiger partial charge in [0.15, 0.2) is 11.6 Å². The van der Waals surface area contributed by atoms with Crippen molar-refractivity contribution in [3.63, 3.8) is 0 Å². The summed E-state index contributed by atoms with van der Waals surface area (Å²) < 4.78 is 16.5. The van der Waals surface area contributed by atoms with Crippen molar-refractivity contribution in [2.45, 2.75) is 85.7 Å². The molecule has 0 aliphatic heterocycles. The molecule has 1 atom stereocenters. The monoisotopic (exact) mass is 432 g/mol. The largest absolute Gasteiger partial charge is 0.375 e. The normalized spacial score (nSPS) is 14.6. The number of rotatable bonds is 16. The zero-order chi connectivity index (χ0) is 23.4. The quantitative estimate of drug-likeness (QED) is 0.253. The topological polar surface area (TPSA) is 106 Å². The minimum atomic E-state index is -1.34. The third kappa shape index (κ3) is 15.7. The minimum absolute atomic E-state index is 0.0590. The second-order valence-electron chi connectivity index (χ2n) is 9.76. The molecule has 1 unspecified atom stereocenters. The van der Waals surface area contributed by atoms with Crippen LogP contribution in [-0.2, 0) is 23.8 Å². The summed E-state index contributed by atoms with van der Waals surface area (Å²) in [7, 11) is 0. The first-order chi connectivity index (χ1) is 13.6. The van der Waals surface area contributed by atoms with Crippen molar-refractivity contribution in [1.82, 2.24) is 10.6 Å². The van der Waals surface area contributed by atoms with Crippen molar-refractivity contribution in [3.05, 3.63) is 0 Å². The predicted molar refractivity (Wildman–Crippen MR) is 117 cm³/mol. The summed E-state index contributed by atoms with van der Waals surface area (Å²) in [6, 6.07) is 0.438. The molecule has 0 aromatic heterocycles. The van der Waals surface area contributed by atoms with Crippen LogP contribution in [0.3, 0.4) is 0 Å². The molecule has 0 fully saturated rings. The Morgan fingerprint density at radius 2 is 1.53 bits per heavy atom. The molecular formula is C22H44N2O6. The van der Waals surface area contributed by atoms with Crippen LogP contribution < -0.4 is 10.6 Å². The van der Waals surface area contributed by atoms with Crippen molar-refractivity contribution in [3.8, 4) is 0 Å². The summed E-state index contributed by atoms with van der Waals surface area (Å²) in [6.07, 6.45) is 1.18. The minimum Gasteiger partial charge on any atom is -0.375 e. The molecule has 8 nitrogen and oxygen atoms in total. The molecule has 1 amide bonds. The molecule has 0 saturated heterocycles. The third-order valence-corrected chi connectivity index (χ3v) is 4.48. The van der Waals surface area contributed by atoms with Gasteiger partial charge in [0, 0.05) is 24.4 Å². The van der Waals surface area contributed by atoms with Crippen LogP contribution in [0.2, 0.25) is 0 Å². The lowest BCUT2D eigenvalue weighted by Gasteiger charge is -2.29. The smallest absolute Gasteiger partial charge is 0.246 e. The van der Waals surface area contributed by atoms with Gasteiger partial charge >= 0.3 is 0 Å². The maximum Gasteiger partial charge on any atom is 0.246 e. The lowest BCUT2D eigenvalue weighted by molar-refractivity contribution is -0.204. The number of aliphatic hydroxyl groups is 1. The Balaban J connectivity index is 3.93. The van der Waals surface area contributed by atoms with Crippen molar-refractivity contribution in [2.24, 2.45) is 5.41 Å². The summed E-state index contributed by atoms with van der Waals surface area (Å²) in [6.45, 7) is 16.6. The maximum absolute atomic E-state index is 11.7. The van der Waals surface area contributed by atoms with E-state index in [9.17, 15) is 14.7 Å². The zero-order valence-electron chi connectivity index (χ0n) is 20.2. The molecule has 30 heavy (non-hydrogen) atoms. The first-order valence-electron chi connectivity index (χ1n) is 10.8. The number of carbonyl (C=O) groups excluding carboxylic acids is 2. The maximum atomic E-state index is 11.7. The Morgan fingerprint density at radius 1 is 0.900 bits per heavy atom. The molecule has 0 aromatic rings. The second kappa shape index (κ2) is 13.4. The fourth-order valence-corrected chi connectivity index (χ4v) is 2.29.